The van der Waals surface area contributed by atoms with Crippen LogP contribution in [0.1, 0.15) is 5.69 Å². The van der Waals surface area contributed by atoms with Crippen LogP contribution >= 0.6 is 0 Å². The Morgan fingerprint density at radius 1 is 1.75 bits per heavy atom. The number of pyridine rings is 1. The van der Waals surface area contributed by atoms with Crippen molar-refractivity contribution in [1.29, 1.82) is 0 Å². The van der Waals surface area contributed by atoms with Crippen LogP contribution in [0.25, 0.3) is 0 Å². The second kappa shape index (κ2) is 1.82. The van der Waals surface area contributed by atoms with Crippen molar-refractivity contribution in [3.05, 3.63) is 23.9 Å². The Kier molecular flexibility index (Phi) is 1.16. The van der Waals surface area contributed by atoms with Crippen molar-refractivity contribution in [2.45, 2.75) is 6.92 Å². The molecule has 0 aromatic carbocycles. The number of anilines is 1. The van der Waals surface area contributed by atoms with Crippen LogP contribution in [0.3, 0.4) is 0 Å². The average Bonchev–Trinajstić information content (AvgIpc) is 1.64. The third kappa shape index (κ3) is 0.964. The molecule has 2 N–H and O–H groups in total. The molecule has 0 aliphatic rings. The zero-order valence-electron chi connectivity index (χ0n) is 4.68. The fraction of sp³-hybridized carbons (Fsp3) is 0.167. The minimum atomic E-state index is 0.557. The summed E-state index contributed by atoms with van der Waals surface area (Å²) in [6.07, 6.45) is 0. The summed E-state index contributed by atoms with van der Waals surface area (Å²) < 4.78 is 0. The molecule has 1 heterocycles. The number of nitrogens with two attached hydrogens (primary N) is 1. The smallest absolute Gasteiger partial charge is 0.123 e. The third-order valence-electron chi connectivity index (χ3n) is 0.843. The Labute approximate surface area is 48.4 Å². The highest BCUT2D eigenvalue weighted by Crippen LogP contribution is 1.95. The number of aryl methyl sites for hydroxylation is 1. The lowest BCUT2D eigenvalue weighted by Gasteiger charge is -1.89. The molecule has 0 atom stereocenters. The summed E-state index contributed by atoms with van der Waals surface area (Å²) in [5.41, 5.74) is 6.17. The minimum absolute atomic E-state index is 0.557. The van der Waals surface area contributed by atoms with E-state index in [1.807, 2.05) is 6.92 Å². The van der Waals surface area contributed by atoms with Gasteiger partial charge in [-0.15, -0.1) is 0 Å². The van der Waals surface area contributed by atoms with E-state index in [0.717, 1.165) is 5.69 Å². The molecule has 2 heteroatoms. The Morgan fingerprint density at radius 2 is 2.50 bits per heavy atom. The summed E-state index contributed by atoms with van der Waals surface area (Å²) in [5, 5.41) is 0. The number of hydrogen-bond acceptors (Lipinski definition) is 2. The Bertz CT molecular complexity index is 166. The zero-order valence-corrected chi connectivity index (χ0v) is 4.68. The van der Waals surface area contributed by atoms with Gasteiger partial charge in [0.1, 0.15) is 5.82 Å². The molecule has 1 radical (unpaired) electrons. The molecule has 0 bridgehead atoms. The van der Waals surface area contributed by atoms with Crippen molar-refractivity contribution in [3.8, 4) is 0 Å². The molecular weight excluding hydrogens is 100 g/mol. The zero-order chi connectivity index (χ0) is 5.98. The van der Waals surface area contributed by atoms with Crippen molar-refractivity contribution in [1.82, 2.24) is 4.98 Å². The normalized spacial score (nSPS) is 9.12. The van der Waals surface area contributed by atoms with Crippen LogP contribution in [0.15, 0.2) is 12.1 Å². The highest BCUT2D eigenvalue weighted by atomic mass is 14.8. The minimum Gasteiger partial charge on any atom is -0.384 e. The van der Waals surface area contributed by atoms with Crippen LogP contribution in [-0.4, -0.2) is 4.98 Å². The predicted octanol–water partition coefficient (Wildman–Crippen LogP) is 0.772. The second-order valence-electron chi connectivity index (χ2n) is 1.60. The lowest BCUT2D eigenvalue weighted by Crippen LogP contribution is -1.89. The van der Waals surface area contributed by atoms with E-state index in [1.54, 1.807) is 12.1 Å². The van der Waals surface area contributed by atoms with Crippen molar-refractivity contribution in [2.24, 2.45) is 0 Å². The first kappa shape index (κ1) is 5.09. The van der Waals surface area contributed by atoms with E-state index in [9.17, 15) is 0 Å². The monoisotopic (exact) mass is 107 g/mol. The first-order valence-electron chi connectivity index (χ1n) is 2.40. The van der Waals surface area contributed by atoms with E-state index in [2.05, 4.69) is 11.1 Å². The molecule has 1 rings (SSSR count). The van der Waals surface area contributed by atoms with E-state index in [0.29, 0.717) is 5.82 Å². The fourth-order valence-electron chi connectivity index (χ4n) is 0.511. The molecule has 0 saturated carbocycles. The Balaban J connectivity index is 3.08. The number of nitrogen functional groups attached to an aromatic ring is 1. The SMILES string of the molecule is Cc1[c]ccc(N)n1. The lowest BCUT2D eigenvalue weighted by atomic mass is 10.4. The van der Waals surface area contributed by atoms with Crippen LogP contribution < -0.4 is 5.73 Å². The molecule has 0 saturated heterocycles. The summed E-state index contributed by atoms with van der Waals surface area (Å²) in [4.78, 5) is 3.90. The summed E-state index contributed by atoms with van der Waals surface area (Å²) >= 11 is 0. The summed E-state index contributed by atoms with van der Waals surface area (Å²) in [7, 11) is 0. The lowest BCUT2D eigenvalue weighted by molar-refractivity contribution is 1.20. The maximum atomic E-state index is 5.33. The fourth-order valence-corrected chi connectivity index (χ4v) is 0.511. The molecule has 0 amide bonds. The van der Waals surface area contributed by atoms with Crippen molar-refractivity contribution >= 4 is 5.82 Å². The summed E-state index contributed by atoms with van der Waals surface area (Å²) in [5.74, 6) is 0.557. The van der Waals surface area contributed by atoms with Crippen molar-refractivity contribution < 1.29 is 0 Å². The van der Waals surface area contributed by atoms with Crippen molar-refractivity contribution in [3.63, 3.8) is 0 Å². The molecule has 0 spiro atoms. The van der Waals surface area contributed by atoms with Crippen molar-refractivity contribution in [2.75, 3.05) is 5.73 Å². The van der Waals surface area contributed by atoms with Gasteiger partial charge in [0.25, 0.3) is 0 Å². The second-order valence-corrected chi connectivity index (χ2v) is 1.60. The number of hydrogen-bond donors (Lipinski definition) is 1. The highest BCUT2D eigenvalue weighted by Gasteiger charge is 1.83. The largest absolute Gasteiger partial charge is 0.384 e. The number of nitrogens with zero attached hydrogens (tertiary/aromatic N) is 1. The van der Waals surface area contributed by atoms with Gasteiger partial charge in [-0.1, -0.05) is 0 Å². The molecular formula is C6H7N2. The van der Waals surface area contributed by atoms with Gasteiger partial charge in [-0.25, -0.2) is 4.98 Å². The van der Waals surface area contributed by atoms with Gasteiger partial charge in [-0.05, 0) is 19.1 Å². The van der Waals surface area contributed by atoms with Crippen LogP contribution in [0.2, 0.25) is 0 Å². The van der Waals surface area contributed by atoms with Crippen LogP contribution in [0, 0.1) is 13.0 Å². The van der Waals surface area contributed by atoms with Gasteiger partial charge in [0.2, 0.25) is 0 Å². The van der Waals surface area contributed by atoms with Gasteiger partial charge in [0.05, 0.1) is 0 Å². The van der Waals surface area contributed by atoms with Crippen LogP contribution in [0.5, 0.6) is 0 Å². The van der Waals surface area contributed by atoms with Crippen LogP contribution in [0.4, 0.5) is 5.82 Å². The van der Waals surface area contributed by atoms with E-state index in [1.165, 1.54) is 0 Å². The van der Waals surface area contributed by atoms with Crippen LogP contribution in [-0.2, 0) is 0 Å². The predicted molar refractivity (Wildman–Crippen MR) is 32.2 cm³/mol. The Morgan fingerprint density at radius 3 is 2.88 bits per heavy atom. The topological polar surface area (TPSA) is 38.9 Å². The van der Waals surface area contributed by atoms with Gasteiger partial charge in [-0.2, -0.15) is 0 Å². The summed E-state index contributed by atoms with van der Waals surface area (Å²) in [6.45, 7) is 1.86. The van der Waals surface area contributed by atoms with Gasteiger partial charge in [0.15, 0.2) is 0 Å². The quantitative estimate of drug-likeness (QED) is 0.532. The first-order valence-corrected chi connectivity index (χ1v) is 2.40. The molecule has 1 aromatic rings. The maximum absolute atomic E-state index is 5.33. The van der Waals surface area contributed by atoms with Gasteiger partial charge in [-0.3, -0.25) is 0 Å². The van der Waals surface area contributed by atoms with Gasteiger partial charge < -0.3 is 5.73 Å². The maximum Gasteiger partial charge on any atom is 0.123 e. The number of rotatable bonds is 0. The molecule has 2 nitrogen and oxygen atoms in total. The molecule has 0 unspecified atom stereocenters. The Hall–Kier alpha value is -1.05. The molecule has 0 fully saturated rings. The first-order chi connectivity index (χ1) is 3.79. The molecule has 1 aromatic heterocycles. The van der Waals surface area contributed by atoms with Gasteiger partial charge in [0, 0.05) is 11.8 Å². The van der Waals surface area contributed by atoms with E-state index in [4.69, 9.17) is 5.73 Å². The number of aromatic nitrogens is 1. The average molecular weight is 107 g/mol. The van der Waals surface area contributed by atoms with E-state index in [-0.39, 0.29) is 0 Å². The highest BCUT2D eigenvalue weighted by molar-refractivity contribution is 5.27. The molecule has 41 valence electrons. The van der Waals surface area contributed by atoms with Gasteiger partial charge >= 0.3 is 0 Å². The summed E-state index contributed by atoms with van der Waals surface area (Å²) in [6, 6.07) is 6.36. The third-order valence-corrected chi connectivity index (χ3v) is 0.843. The molecule has 0 aliphatic heterocycles. The van der Waals surface area contributed by atoms with E-state index < -0.39 is 0 Å². The molecule has 8 heavy (non-hydrogen) atoms. The standard InChI is InChI=1S/C6H7N2/c1-5-3-2-4-6(7)8-5/h2,4H,1H3,(H2,7,8). The molecule has 0 aliphatic carbocycles. The van der Waals surface area contributed by atoms with E-state index >= 15 is 0 Å².